The number of hydrogen-bond donors (Lipinski definition) is 1. The molecule has 2 rings (SSSR count). The molecule has 0 aliphatic carbocycles. The molecule has 1 aromatic rings. The second-order valence-corrected chi connectivity index (χ2v) is 5.55. The van der Waals surface area contributed by atoms with E-state index in [4.69, 9.17) is 0 Å². The highest BCUT2D eigenvalue weighted by atomic mass is 15.1. The van der Waals surface area contributed by atoms with Crippen molar-refractivity contribution >= 4 is 0 Å². The first kappa shape index (κ1) is 13.6. The second kappa shape index (κ2) is 6.91. The first-order chi connectivity index (χ1) is 8.79. The van der Waals surface area contributed by atoms with Crippen LogP contribution in [0.5, 0.6) is 0 Å². The predicted octanol–water partition coefficient (Wildman–Crippen LogP) is 2.90. The molecule has 100 valence electrons. The minimum Gasteiger partial charge on any atom is -0.317 e. The van der Waals surface area contributed by atoms with Crippen LogP contribution in [0.3, 0.4) is 0 Å². The number of nitrogens with one attached hydrogen (secondary N) is 1. The molecule has 0 saturated carbocycles. The molecule has 0 radical (unpaired) electrons. The van der Waals surface area contributed by atoms with E-state index in [2.05, 4.69) is 54.5 Å². The van der Waals surface area contributed by atoms with Gasteiger partial charge in [-0.15, -0.1) is 0 Å². The molecule has 2 nitrogen and oxygen atoms in total. The van der Waals surface area contributed by atoms with Crippen LogP contribution in [0.4, 0.5) is 0 Å². The fraction of sp³-hybridized carbons (Fsp3) is 0.625. The normalized spacial score (nSPS) is 23.6. The first-order valence-corrected chi connectivity index (χ1v) is 7.23. The zero-order valence-corrected chi connectivity index (χ0v) is 11.7. The standard InChI is InChI=1S/C16H26N2/c1-14(17-2)16-10-6-7-11-18(13-16)12-15-8-4-3-5-9-15/h3-5,8-9,14,16-17H,6-7,10-13H2,1-2H3. The van der Waals surface area contributed by atoms with Gasteiger partial charge in [-0.05, 0) is 44.8 Å². The third-order valence-electron chi connectivity index (χ3n) is 4.20. The molecule has 1 aliphatic rings. The highest BCUT2D eigenvalue weighted by molar-refractivity contribution is 5.14. The molecular weight excluding hydrogens is 220 g/mol. The average Bonchev–Trinajstić information content (AvgIpc) is 2.65. The summed E-state index contributed by atoms with van der Waals surface area (Å²) in [7, 11) is 2.08. The van der Waals surface area contributed by atoms with Gasteiger partial charge in [0.15, 0.2) is 0 Å². The van der Waals surface area contributed by atoms with Crippen LogP contribution in [0.1, 0.15) is 31.7 Å². The lowest BCUT2D eigenvalue weighted by molar-refractivity contribution is 0.219. The minimum atomic E-state index is 0.626. The number of likely N-dealkylation sites (tertiary alicyclic amines) is 1. The molecule has 1 aliphatic heterocycles. The summed E-state index contributed by atoms with van der Waals surface area (Å²) in [5.74, 6) is 0.793. The van der Waals surface area contributed by atoms with E-state index in [0.717, 1.165) is 12.5 Å². The Bertz CT molecular complexity index is 336. The van der Waals surface area contributed by atoms with Gasteiger partial charge in [0.1, 0.15) is 0 Å². The molecule has 1 fully saturated rings. The second-order valence-electron chi connectivity index (χ2n) is 5.55. The maximum absolute atomic E-state index is 3.42. The Labute approximate surface area is 111 Å². The molecule has 1 heterocycles. The molecule has 1 saturated heterocycles. The van der Waals surface area contributed by atoms with Gasteiger partial charge < -0.3 is 5.32 Å². The number of benzene rings is 1. The fourth-order valence-electron chi connectivity index (χ4n) is 2.89. The summed E-state index contributed by atoms with van der Waals surface area (Å²) < 4.78 is 0. The third-order valence-corrected chi connectivity index (χ3v) is 4.20. The van der Waals surface area contributed by atoms with Crippen molar-refractivity contribution in [2.75, 3.05) is 20.1 Å². The van der Waals surface area contributed by atoms with Crippen LogP contribution in [0, 0.1) is 5.92 Å². The molecule has 0 amide bonds. The fourth-order valence-corrected chi connectivity index (χ4v) is 2.89. The van der Waals surface area contributed by atoms with E-state index in [1.54, 1.807) is 0 Å². The molecule has 2 unspecified atom stereocenters. The molecule has 2 heteroatoms. The van der Waals surface area contributed by atoms with Crippen molar-refractivity contribution in [2.45, 2.75) is 38.8 Å². The maximum atomic E-state index is 3.42. The van der Waals surface area contributed by atoms with Gasteiger partial charge in [0.25, 0.3) is 0 Å². The van der Waals surface area contributed by atoms with Gasteiger partial charge in [-0.25, -0.2) is 0 Å². The van der Waals surface area contributed by atoms with E-state index >= 15 is 0 Å². The quantitative estimate of drug-likeness (QED) is 0.879. The Kier molecular flexibility index (Phi) is 5.21. The van der Waals surface area contributed by atoms with Gasteiger partial charge in [-0.1, -0.05) is 36.8 Å². The largest absolute Gasteiger partial charge is 0.317 e. The molecule has 0 spiro atoms. The van der Waals surface area contributed by atoms with Gasteiger partial charge in [-0.2, -0.15) is 0 Å². The van der Waals surface area contributed by atoms with Gasteiger partial charge in [0, 0.05) is 19.1 Å². The summed E-state index contributed by atoms with van der Waals surface area (Å²) in [6, 6.07) is 11.5. The number of nitrogens with zero attached hydrogens (tertiary/aromatic N) is 1. The topological polar surface area (TPSA) is 15.3 Å². The van der Waals surface area contributed by atoms with Crippen molar-refractivity contribution in [3.8, 4) is 0 Å². The third kappa shape index (κ3) is 3.82. The van der Waals surface area contributed by atoms with Gasteiger partial charge >= 0.3 is 0 Å². The van der Waals surface area contributed by atoms with Crippen LogP contribution in [0.25, 0.3) is 0 Å². The monoisotopic (exact) mass is 246 g/mol. The average molecular weight is 246 g/mol. The van der Waals surface area contributed by atoms with Crippen molar-refractivity contribution in [2.24, 2.45) is 5.92 Å². The maximum Gasteiger partial charge on any atom is 0.0233 e. The zero-order chi connectivity index (χ0) is 12.8. The smallest absolute Gasteiger partial charge is 0.0233 e. The van der Waals surface area contributed by atoms with Crippen molar-refractivity contribution in [1.29, 1.82) is 0 Å². The molecule has 18 heavy (non-hydrogen) atoms. The van der Waals surface area contributed by atoms with Gasteiger partial charge in [0.05, 0.1) is 0 Å². The van der Waals surface area contributed by atoms with Crippen LogP contribution >= 0.6 is 0 Å². The van der Waals surface area contributed by atoms with Crippen molar-refractivity contribution in [3.05, 3.63) is 35.9 Å². The summed E-state index contributed by atoms with van der Waals surface area (Å²) in [5.41, 5.74) is 1.44. The van der Waals surface area contributed by atoms with Crippen molar-refractivity contribution < 1.29 is 0 Å². The zero-order valence-electron chi connectivity index (χ0n) is 11.7. The summed E-state index contributed by atoms with van der Waals surface area (Å²) in [5, 5.41) is 3.42. The summed E-state index contributed by atoms with van der Waals surface area (Å²) in [6.45, 7) is 5.91. The van der Waals surface area contributed by atoms with E-state index in [-0.39, 0.29) is 0 Å². The Morgan fingerprint density at radius 2 is 2.06 bits per heavy atom. The van der Waals surface area contributed by atoms with E-state index in [1.165, 1.54) is 37.9 Å². The van der Waals surface area contributed by atoms with E-state index < -0.39 is 0 Å². The Hall–Kier alpha value is -0.860. The molecule has 0 aromatic heterocycles. The van der Waals surface area contributed by atoms with Crippen LogP contribution in [0.2, 0.25) is 0 Å². The van der Waals surface area contributed by atoms with E-state index in [9.17, 15) is 0 Å². The van der Waals surface area contributed by atoms with Crippen LogP contribution < -0.4 is 5.32 Å². The molecule has 0 bridgehead atoms. The van der Waals surface area contributed by atoms with Crippen molar-refractivity contribution in [3.63, 3.8) is 0 Å². The van der Waals surface area contributed by atoms with Crippen molar-refractivity contribution in [1.82, 2.24) is 10.2 Å². The number of rotatable bonds is 4. The Morgan fingerprint density at radius 3 is 2.78 bits per heavy atom. The number of hydrogen-bond acceptors (Lipinski definition) is 2. The summed E-state index contributed by atoms with van der Waals surface area (Å²) in [4.78, 5) is 2.63. The highest BCUT2D eigenvalue weighted by Gasteiger charge is 2.22. The highest BCUT2D eigenvalue weighted by Crippen LogP contribution is 2.20. The predicted molar refractivity (Wildman–Crippen MR) is 77.6 cm³/mol. The van der Waals surface area contributed by atoms with Crippen LogP contribution in [0.15, 0.2) is 30.3 Å². The van der Waals surface area contributed by atoms with E-state index in [0.29, 0.717) is 6.04 Å². The van der Waals surface area contributed by atoms with Gasteiger partial charge in [0.2, 0.25) is 0 Å². The van der Waals surface area contributed by atoms with Gasteiger partial charge in [-0.3, -0.25) is 4.90 Å². The van der Waals surface area contributed by atoms with Crippen LogP contribution in [-0.2, 0) is 6.54 Å². The summed E-state index contributed by atoms with van der Waals surface area (Å²) in [6.07, 6.45) is 4.09. The first-order valence-electron chi connectivity index (χ1n) is 7.23. The molecule has 2 atom stereocenters. The molecule has 1 aromatic carbocycles. The lowest BCUT2D eigenvalue weighted by Crippen LogP contribution is -2.38. The molecule has 1 N–H and O–H groups in total. The summed E-state index contributed by atoms with van der Waals surface area (Å²) >= 11 is 0. The Balaban J connectivity index is 1.95. The minimum absolute atomic E-state index is 0.626. The van der Waals surface area contributed by atoms with E-state index in [1.807, 2.05) is 0 Å². The molecular formula is C16H26N2. The SMILES string of the molecule is CNC(C)C1CCCCN(Cc2ccccc2)C1. The lowest BCUT2D eigenvalue weighted by atomic mass is 9.96. The van der Waals surface area contributed by atoms with Crippen LogP contribution in [-0.4, -0.2) is 31.1 Å². The lowest BCUT2D eigenvalue weighted by Gasteiger charge is -2.28. The Morgan fingerprint density at radius 1 is 1.28 bits per heavy atom.